The Bertz CT molecular complexity index is 157. The van der Waals surface area contributed by atoms with Gasteiger partial charge in [-0.15, -0.1) is 0 Å². The molecular formula is C6H4BrI2Zn. The van der Waals surface area contributed by atoms with Gasteiger partial charge in [0.2, 0.25) is 0 Å². The molecule has 0 nitrogen and oxygen atoms in total. The molecule has 4 heteroatoms. The molecule has 0 aromatic heterocycles. The molecule has 1 aromatic carbocycles. The molecule has 0 spiro atoms. The van der Waals surface area contributed by atoms with Gasteiger partial charge in [0.15, 0.2) is 0 Å². The van der Waals surface area contributed by atoms with E-state index in [4.69, 9.17) is 0 Å². The monoisotopic (exact) mass is 473 g/mol. The molecule has 0 aliphatic rings. The number of rotatable bonds is 0. The Kier molecular flexibility index (Phi) is 10.5. The zero-order valence-corrected chi connectivity index (χ0v) is 14.0. The van der Waals surface area contributed by atoms with Crippen molar-refractivity contribution in [2.24, 2.45) is 0 Å². The number of hydrogen-bond acceptors (Lipinski definition) is 0. The first-order valence-corrected chi connectivity index (χ1v) is 21.4. The van der Waals surface area contributed by atoms with Crippen LogP contribution in [0.25, 0.3) is 0 Å². The topological polar surface area (TPSA) is 0 Å². The second-order valence-electron chi connectivity index (χ2n) is 1.32. The molecule has 1 radical (unpaired) electrons. The zero-order valence-electron chi connectivity index (χ0n) is 5.15. The van der Waals surface area contributed by atoms with Crippen molar-refractivity contribution >= 4 is 55.4 Å². The standard InChI is InChI=1S/C6H4Br.2HI.Zn/c7-6-4-2-1-3-5-6;;;/h1-2,4-5H;2*1H;/q;;;+2/p-2. The molecule has 51 valence electrons. The van der Waals surface area contributed by atoms with E-state index in [2.05, 4.69) is 61.5 Å². The summed E-state index contributed by atoms with van der Waals surface area (Å²) in [6.07, 6.45) is 0. The third-order valence-corrected chi connectivity index (χ3v) is 1.16. The molecule has 10 heavy (non-hydrogen) atoms. The quantitative estimate of drug-likeness (QED) is 0.393. The van der Waals surface area contributed by atoms with E-state index in [1.165, 1.54) is 0 Å². The summed E-state index contributed by atoms with van der Waals surface area (Å²) >= 11 is 8.21. The molecule has 0 saturated carbocycles. The second-order valence-corrected chi connectivity index (χ2v) is 25.8. The number of benzene rings is 1. The van der Waals surface area contributed by atoms with Gasteiger partial charge in [0.05, 0.1) is 0 Å². The molecule has 0 N–H and O–H groups in total. The van der Waals surface area contributed by atoms with Crippen LogP contribution in [0.2, 0.25) is 0 Å². The van der Waals surface area contributed by atoms with Crippen molar-refractivity contribution in [3.63, 3.8) is 0 Å². The summed E-state index contributed by atoms with van der Waals surface area (Å²) < 4.78 is 1.08. The van der Waals surface area contributed by atoms with Gasteiger partial charge >= 0.3 is 49.6 Å². The molecule has 0 heterocycles. The molecular weight excluding hydrogens is 471 g/mol. The molecule has 0 aliphatic heterocycles. The van der Waals surface area contributed by atoms with Crippen molar-refractivity contribution in [1.29, 1.82) is 0 Å². The normalized spacial score (nSPS) is 7.10. The van der Waals surface area contributed by atoms with Crippen molar-refractivity contribution in [2.75, 3.05) is 0 Å². The Morgan fingerprint density at radius 3 is 2.30 bits per heavy atom. The van der Waals surface area contributed by atoms with E-state index in [9.17, 15) is 0 Å². The molecule has 0 amide bonds. The van der Waals surface area contributed by atoms with Gasteiger partial charge in [0.25, 0.3) is 0 Å². The minimum atomic E-state index is 0.0650. The van der Waals surface area contributed by atoms with Gasteiger partial charge in [-0.3, -0.25) is 0 Å². The van der Waals surface area contributed by atoms with E-state index in [0.29, 0.717) is 0 Å². The van der Waals surface area contributed by atoms with Gasteiger partial charge in [-0.05, 0) is 18.2 Å². The van der Waals surface area contributed by atoms with Crippen LogP contribution in [0.1, 0.15) is 0 Å². The average Bonchev–Trinajstić information content (AvgIpc) is 1.91. The Labute approximate surface area is 98.6 Å². The van der Waals surface area contributed by atoms with Gasteiger partial charge < -0.3 is 0 Å². The van der Waals surface area contributed by atoms with E-state index in [0.717, 1.165) is 4.47 Å². The van der Waals surface area contributed by atoms with Crippen molar-refractivity contribution < 1.29 is 10.1 Å². The number of halogens is 3. The summed E-state index contributed by atoms with van der Waals surface area (Å²) in [7, 11) is 0.0650. The van der Waals surface area contributed by atoms with Gasteiger partial charge in [0, 0.05) is 4.47 Å². The molecule has 0 aliphatic carbocycles. The van der Waals surface area contributed by atoms with Crippen molar-refractivity contribution in [1.82, 2.24) is 0 Å². The van der Waals surface area contributed by atoms with Crippen LogP contribution >= 0.6 is 55.4 Å². The summed E-state index contributed by atoms with van der Waals surface area (Å²) in [6.45, 7) is 0. The van der Waals surface area contributed by atoms with E-state index >= 15 is 0 Å². The summed E-state index contributed by atoms with van der Waals surface area (Å²) in [6, 6.07) is 10.6. The van der Waals surface area contributed by atoms with E-state index in [-0.39, 0.29) is 10.1 Å². The van der Waals surface area contributed by atoms with Crippen molar-refractivity contribution in [3.05, 3.63) is 34.8 Å². The zero-order chi connectivity index (χ0) is 7.82. The Morgan fingerprint density at radius 2 is 2.10 bits per heavy atom. The molecule has 0 bridgehead atoms. The first-order valence-electron chi connectivity index (χ1n) is 2.54. The van der Waals surface area contributed by atoms with Crippen LogP contribution in [-0.2, 0) is 10.1 Å². The minimum absolute atomic E-state index is 0.0650. The van der Waals surface area contributed by atoms with Crippen LogP contribution in [0.15, 0.2) is 28.7 Å². The molecule has 1 aromatic rings. The van der Waals surface area contributed by atoms with Crippen LogP contribution < -0.4 is 0 Å². The maximum atomic E-state index is 3.28. The van der Waals surface area contributed by atoms with E-state index in [1.807, 2.05) is 24.3 Å². The summed E-state index contributed by atoms with van der Waals surface area (Å²) in [5.74, 6) is 0. The van der Waals surface area contributed by atoms with Gasteiger partial charge in [-0.1, -0.05) is 28.1 Å². The Morgan fingerprint density at radius 1 is 1.50 bits per heavy atom. The fourth-order valence-corrected chi connectivity index (χ4v) is 0.656. The fourth-order valence-electron chi connectivity index (χ4n) is 0.371. The predicted octanol–water partition coefficient (Wildman–Crippen LogP) is 4.02. The fraction of sp³-hybridized carbons (Fsp3) is 0. The predicted molar refractivity (Wildman–Crippen MR) is 61.0 cm³/mol. The van der Waals surface area contributed by atoms with Crippen LogP contribution in [0.3, 0.4) is 0 Å². The second kappa shape index (κ2) is 8.88. The van der Waals surface area contributed by atoms with E-state index in [1.54, 1.807) is 0 Å². The van der Waals surface area contributed by atoms with Crippen molar-refractivity contribution in [3.8, 4) is 0 Å². The van der Waals surface area contributed by atoms with Crippen molar-refractivity contribution in [2.45, 2.75) is 0 Å². The van der Waals surface area contributed by atoms with Crippen LogP contribution in [-0.4, -0.2) is 0 Å². The first-order chi connectivity index (χ1) is 4.81. The summed E-state index contributed by atoms with van der Waals surface area (Å²) in [5, 5.41) is 0. The summed E-state index contributed by atoms with van der Waals surface area (Å²) in [4.78, 5) is 0. The van der Waals surface area contributed by atoms with Crippen LogP contribution in [0, 0.1) is 6.07 Å². The Balaban J connectivity index is 0.000000236. The average molecular weight is 475 g/mol. The molecule has 0 saturated heterocycles. The van der Waals surface area contributed by atoms with Crippen LogP contribution in [0.4, 0.5) is 0 Å². The summed E-state index contributed by atoms with van der Waals surface area (Å²) in [5.41, 5.74) is 0. The molecule has 1 rings (SSSR count). The third kappa shape index (κ3) is 7.89. The molecule has 0 unspecified atom stereocenters. The van der Waals surface area contributed by atoms with Crippen LogP contribution in [0.5, 0.6) is 0 Å². The maximum absolute atomic E-state index is 3.28. The molecule has 0 fully saturated rings. The van der Waals surface area contributed by atoms with Gasteiger partial charge in [-0.25, -0.2) is 0 Å². The first kappa shape index (κ1) is 11.8. The number of hydrogen-bond donors (Lipinski definition) is 0. The van der Waals surface area contributed by atoms with Gasteiger partial charge in [-0.2, -0.15) is 0 Å². The molecule has 0 atom stereocenters. The van der Waals surface area contributed by atoms with E-state index < -0.39 is 0 Å². The third-order valence-electron chi connectivity index (χ3n) is 0.669. The SMILES string of the molecule is Brc1c[c]ccc1.[I][Zn][I]. The Hall–Kier alpha value is 1.78. The van der Waals surface area contributed by atoms with Gasteiger partial charge in [0.1, 0.15) is 0 Å².